The topological polar surface area (TPSA) is 35.5 Å². The van der Waals surface area contributed by atoms with E-state index in [-0.39, 0.29) is 6.61 Å². The summed E-state index contributed by atoms with van der Waals surface area (Å²) in [5.41, 5.74) is 4.19. The molecule has 2 atom stereocenters. The van der Waals surface area contributed by atoms with Crippen molar-refractivity contribution in [2.75, 3.05) is 33.3 Å². The molecule has 1 aliphatic rings. The molecule has 1 aromatic rings. The third kappa shape index (κ3) is 3.78. The van der Waals surface area contributed by atoms with Crippen LogP contribution in [-0.2, 0) is 0 Å². The molecule has 1 saturated heterocycles. The molecule has 2 unspecified atom stereocenters. The molecule has 3 heteroatoms. The Morgan fingerprint density at radius 2 is 2.05 bits per heavy atom. The number of aliphatic hydroxyl groups is 1. The lowest BCUT2D eigenvalue weighted by atomic mass is 9.87. The first-order valence-corrected chi connectivity index (χ1v) is 7.20. The number of rotatable bonds is 4. The molecule has 106 valence electrons. The molecule has 0 aromatic heterocycles. The lowest BCUT2D eigenvalue weighted by molar-refractivity contribution is 0.194. The molecular formula is C16H26N2O. The van der Waals surface area contributed by atoms with E-state index in [1.807, 2.05) is 0 Å². The summed E-state index contributed by atoms with van der Waals surface area (Å²) >= 11 is 0. The monoisotopic (exact) mass is 262 g/mol. The lowest BCUT2D eigenvalue weighted by Crippen LogP contribution is -2.47. The highest BCUT2D eigenvalue weighted by Crippen LogP contribution is 2.27. The van der Waals surface area contributed by atoms with E-state index in [2.05, 4.69) is 49.3 Å². The Hall–Kier alpha value is -0.900. The zero-order chi connectivity index (χ0) is 13.8. The predicted octanol–water partition coefficient (Wildman–Crippen LogP) is 1.67. The molecule has 0 aliphatic carbocycles. The average molecular weight is 262 g/mol. The minimum absolute atomic E-state index is 0.217. The number of benzene rings is 1. The standard InChI is InChI=1S/C16H26N2O/c1-12-4-5-14(8-13(12)2)15-9-16(17-6-7-19)11-18(3)10-15/h4-5,8,15-17,19H,6-7,9-11H2,1-3H3. The van der Waals surface area contributed by atoms with Gasteiger partial charge in [0, 0.05) is 25.7 Å². The second kappa shape index (κ2) is 6.51. The molecule has 3 nitrogen and oxygen atoms in total. The average Bonchev–Trinajstić information content (AvgIpc) is 2.39. The molecule has 0 saturated carbocycles. The molecule has 0 bridgehead atoms. The molecule has 19 heavy (non-hydrogen) atoms. The van der Waals surface area contributed by atoms with Crippen molar-refractivity contribution in [3.63, 3.8) is 0 Å². The van der Waals surface area contributed by atoms with Crippen LogP contribution < -0.4 is 5.32 Å². The van der Waals surface area contributed by atoms with E-state index in [1.54, 1.807) is 0 Å². The SMILES string of the molecule is Cc1ccc(C2CC(NCCO)CN(C)C2)cc1C. The van der Waals surface area contributed by atoms with Gasteiger partial charge in [-0.3, -0.25) is 0 Å². The summed E-state index contributed by atoms with van der Waals surface area (Å²) in [4.78, 5) is 2.39. The van der Waals surface area contributed by atoms with Crippen molar-refractivity contribution >= 4 is 0 Å². The van der Waals surface area contributed by atoms with Crippen LogP contribution in [0, 0.1) is 13.8 Å². The van der Waals surface area contributed by atoms with Crippen LogP contribution in [0.5, 0.6) is 0 Å². The van der Waals surface area contributed by atoms with Gasteiger partial charge in [-0.1, -0.05) is 18.2 Å². The van der Waals surface area contributed by atoms with Gasteiger partial charge in [0.25, 0.3) is 0 Å². The highest BCUT2D eigenvalue weighted by atomic mass is 16.3. The van der Waals surface area contributed by atoms with Crippen LogP contribution in [0.15, 0.2) is 18.2 Å². The minimum atomic E-state index is 0.217. The van der Waals surface area contributed by atoms with Gasteiger partial charge in [0.2, 0.25) is 0 Å². The number of piperidine rings is 1. The maximum absolute atomic E-state index is 8.94. The lowest BCUT2D eigenvalue weighted by Gasteiger charge is -2.36. The van der Waals surface area contributed by atoms with Gasteiger partial charge < -0.3 is 15.3 Å². The van der Waals surface area contributed by atoms with Crippen LogP contribution in [0.2, 0.25) is 0 Å². The van der Waals surface area contributed by atoms with Gasteiger partial charge in [-0.15, -0.1) is 0 Å². The number of likely N-dealkylation sites (tertiary alicyclic amines) is 1. The van der Waals surface area contributed by atoms with Crippen LogP contribution in [0.4, 0.5) is 0 Å². The molecule has 0 spiro atoms. The van der Waals surface area contributed by atoms with E-state index < -0.39 is 0 Å². The summed E-state index contributed by atoms with van der Waals surface area (Å²) in [6.07, 6.45) is 1.16. The predicted molar refractivity (Wildman–Crippen MR) is 79.6 cm³/mol. The Morgan fingerprint density at radius 1 is 1.26 bits per heavy atom. The highest BCUT2D eigenvalue weighted by molar-refractivity contribution is 5.32. The van der Waals surface area contributed by atoms with Crippen molar-refractivity contribution in [1.29, 1.82) is 0 Å². The van der Waals surface area contributed by atoms with Crippen molar-refractivity contribution in [2.24, 2.45) is 0 Å². The number of aliphatic hydroxyl groups excluding tert-OH is 1. The minimum Gasteiger partial charge on any atom is -0.395 e. The van der Waals surface area contributed by atoms with Gasteiger partial charge in [0.15, 0.2) is 0 Å². The molecule has 2 rings (SSSR count). The quantitative estimate of drug-likeness (QED) is 0.866. The summed E-state index contributed by atoms with van der Waals surface area (Å²) in [6, 6.07) is 7.32. The Labute approximate surface area is 116 Å². The fourth-order valence-electron chi connectivity index (χ4n) is 3.00. The van der Waals surface area contributed by atoms with Crippen molar-refractivity contribution in [1.82, 2.24) is 10.2 Å². The maximum atomic E-state index is 8.94. The smallest absolute Gasteiger partial charge is 0.0556 e. The number of nitrogens with zero attached hydrogens (tertiary/aromatic N) is 1. The third-order valence-corrected chi connectivity index (χ3v) is 4.18. The number of hydrogen-bond acceptors (Lipinski definition) is 3. The van der Waals surface area contributed by atoms with E-state index in [9.17, 15) is 0 Å². The maximum Gasteiger partial charge on any atom is 0.0556 e. The van der Waals surface area contributed by atoms with Crippen molar-refractivity contribution in [3.8, 4) is 0 Å². The first-order valence-electron chi connectivity index (χ1n) is 7.20. The number of aryl methyl sites for hydroxylation is 2. The van der Waals surface area contributed by atoms with E-state index in [0.717, 1.165) is 19.5 Å². The van der Waals surface area contributed by atoms with Gasteiger partial charge in [0.05, 0.1) is 6.61 Å². The first-order chi connectivity index (χ1) is 9.10. The van der Waals surface area contributed by atoms with E-state index in [4.69, 9.17) is 5.11 Å². The fraction of sp³-hybridized carbons (Fsp3) is 0.625. The second-order valence-corrected chi connectivity index (χ2v) is 5.87. The summed E-state index contributed by atoms with van der Waals surface area (Å²) < 4.78 is 0. The van der Waals surface area contributed by atoms with Gasteiger partial charge in [-0.05, 0) is 49.9 Å². The Kier molecular flexibility index (Phi) is 4.97. The Balaban J connectivity index is 2.07. The molecule has 1 aliphatic heterocycles. The zero-order valence-electron chi connectivity index (χ0n) is 12.3. The van der Waals surface area contributed by atoms with Crippen molar-refractivity contribution in [2.45, 2.75) is 32.2 Å². The summed E-state index contributed by atoms with van der Waals surface area (Å²) in [5, 5.41) is 12.4. The Morgan fingerprint density at radius 3 is 2.74 bits per heavy atom. The van der Waals surface area contributed by atoms with E-state index in [1.165, 1.54) is 16.7 Å². The largest absolute Gasteiger partial charge is 0.395 e. The van der Waals surface area contributed by atoms with Crippen LogP contribution >= 0.6 is 0 Å². The van der Waals surface area contributed by atoms with Crippen LogP contribution in [0.3, 0.4) is 0 Å². The molecule has 2 N–H and O–H groups in total. The molecule has 1 aromatic carbocycles. The Bertz CT molecular complexity index is 419. The number of likely N-dealkylation sites (N-methyl/N-ethyl adjacent to an activating group) is 1. The number of nitrogens with one attached hydrogen (secondary N) is 1. The van der Waals surface area contributed by atoms with Crippen molar-refractivity contribution in [3.05, 3.63) is 34.9 Å². The molecule has 1 fully saturated rings. The molecule has 0 amide bonds. The van der Waals surface area contributed by atoms with Gasteiger partial charge >= 0.3 is 0 Å². The van der Waals surface area contributed by atoms with Gasteiger partial charge in [-0.2, -0.15) is 0 Å². The third-order valence-electron chi connectivity index (χ3n) is 4.18. The fourth-order valence-corrected chi connectivity index (χ4v) is 3.00. The summed E-state index contributed by atoms with van der Waals surface area (Å²) in [6.45, 7) is 7.46. The van der Waals surface area contributed by atoms with Crippen LogP contribution in [-0.4, -0.2) is 49.3 Å². The first kappa shape index (κ1) is 14.5. The van der Waals surface area contributed by atoms with E-state index >= 15 is 0 Å². The second-order valence-electron chi connectivity index (χ2n) is 5.87. The summed E-state index contributed by atoms with van der Waals surface area (Å²) in [5.74, 6) is 0.592. The number of hydrogen-bond donors (Lipinski definition) is 2. The zero-order valence-corrected chi connectivity index (χ0v) is 12.3. The van der Waals surface area contributed by atoms with Crippen LogP contribution in [0.25, 0.3) is 0 Å². The molecular weight excluding hydrogens is 236 g/mol. The van der Waals surface area contributed by atoms with Crippen molar-refractivity contribution < 1.29 is 5.11 Å². The van der Waals surface area contributed by atoms with E-state index in [0.29, 0.717) is 18.5 Å². The van der Waals surface area contributed by atoms with Gasteiger partial charge in [-0.25, -0.2) is 0 Å². The summed E-state index contributed by atoms with van der Waals surface area (Å²) in [7, 11) is 2.18. The normalized spacial score (nSPS) is 24.6. The van der Waals surface area contributed by atoms with Gasteiger partial charge in [0.1, 0.15) is 0 Å². The highest BCUT2D eigenvalue weighted by Gasteiger charge is 2.26. The van der Waals surface area contributed by atoms with Crippen LogP contribution in [0.1, 0.15) is 29.0 Å². The molecule has 0 radical (unpaired) electrons. The molecule has 1 heterocycles.